The van der Waals surface area contributed by atoms with E-state index in [1.165, 1.54) is 16.8 Å². The number of anilines is 2. The number of carbonyl (C=O) groups excluding carboxylic acids is 1. The molecule has 3 aromatic carbocycles. The van der Waals surface area contributed by atoms with Gasteiger partial charge in [0.15, 0.2) is 0 Å². The Hall–Kier alpha value is -4.26. The van der Waals surface area contributed by atoms with E-state index < -0.39 is 0 Å². The first kappa shape index (κ1) is 20.6. The Kier molecular flexibility index (Phi) is 5.68. The maximum Gasteiger partial charge on any atom is 0.333 e. The number of para-hydroxylation sites is 1. The van der Waals surface area contributed by atoms with E-state index in [4.69, 9.17) is 0 Å². The first-order valence-corrected chi connectivity index (χ1v) is 11.0. The molecule has 2 amide bonds. The molecule has 1 aliphatic rings. The zero-order chi connectivity index (χ0) is 22.6. The van der Waals surface area contributed by atoms with Crippen LogP contribution in [0.25, 0.3) is 10.8 Å². The second-order valence-corrected chi connectivity index (χ2v) is 8.16. The van der Waals surface area contributed by atoms with Crippen LogP contribution in [0.1, 0.15) is 16.7 Å². The fourth-order valence-electron chi connectivity index (χ4n) is 4.18. The summed E-state index contributed by atoms with van der Waals surface area (Å²) in [5.74, 6) is 0. The predicted octanol–water partition coefficient (Wildman–Crippen LogP) is 3.92. The highest BCUT2D eigenvalue weighted by atomic mass is 16.2. The number of H-pyrrole nitrogens is 1. The average molecular weight is 440 g/mol. The van der Waals surface area contributed by atoms with Crippen LogP contribution in [0.4, 0.5) is 16.2 Å². The van der Waals surface area contributed by atoms with Crippen LogP contribution in [0.2, 0.25) is 0 Å². The maximum atomic E-state index is 12.2. The van der Waals surface area contributed by atoms with Crippen molar-refractivity contribution in [3.05, 3.63) is 106 Å². The van der Waals surface area contributed by atoms with Crippen LogP contribution >= 0.6 is 0 Å². The molecule has 0 fully saturated rings. The minimum atomic E-state index is -0.334. The summed E-state index contributed by atoms with van der Waals surface area (Å²) < 4.78 is 0. The van der Waals surface area contributed by atoms with E-state index in [9.17, 15) is 9.59 Å². The van der Waals surface area contributed by atoms with Gasteiger partial charge in [-0.05, 0) is 58.8 Å². The molecule has 7 heteroatoms. The summed E-state index contributed by atoms with van der Waals surface area (Å²) in [5, 5.41) is 4.24. The lowest BCUT2D eigenvalue weighted by Crippen LogP contribution is -2.38. The standard InChI is InChI=1S/C26H25N5O2/c32-25-23-10-9-22(15-21(23)11-13-27-25)29-30-26(33)28-16-18-5-7-19(8-6-18)17-31-14-12-20-3-1-2-4-24(20)31/h1-11,13,15,29H,12,14,16-17H2,(H,27,32)(H2,28,30,33). The zero-order valence-electron chi connectivity index (χ0n) is 18.1. The van der Waals surface area contributed by atoms with E-state index in [1.54, 1.807) is 18.3 Å². The molecule has 2 heterocycles. The molecule has 7 nitrogen and oxygen atoms in total. The summed E-state index contributed by atoms with van der Waals surface area (Å²) in [7, 11) is 0. The first-order chi connectivity index (χ1) is 16.2. The lowest BCUT2D eigenvalue weighted by molar-refractivity contribution is 0.242. The molecule has 1 aliphatic heterocycles. The zero-order valence-corrected chi connectivity index (χ0v) is 18.1. The van der Waals surface area contributed by atoms with E-state index in [0.29, 0.717) is 17.6 Å². The van der Waals surface area contributed by atoms with Crippen molar-refractivity contribution in [3.63, 3.8) is 0 Å². The second kappa shape index (κ2) is 9.08. The van der Waals surface area contributed by atoms with Gasteiger partial charge in [0.1, 0.15) is 0 Å². The monoisotopic (exact) mass is 439 g/mol. The van der Waals surface area contributed by atoms with Gasteiger partial charge in [-0.15, -0.1) is 0 Å². The van der Waals surface area contributed by atoms with Gasteiger partial charge in [0.2, 0.25) is 0 Å². The van der Waals surface area contributed by atoms with Crippen molar-refractivity contribution in [1.29, 1.82) is 0 Å². The molecule has 4 aromatic rings. The number of aromatic amines is 1. The summed E-state index contributed by atoms with van der Waals surface area (Å²) in [6, 6.07) is 23.7. The Bertz CT molecular complexity index is 1350. The number of pyridine rings is 1. The number of urea groups is 1. The number of nitrogens with one attached hydrogen (secondary N) is 4. The van der Waals surface area contributed by atoms with Crippen molar-refractivity contribution in [2.75, 3.05) is 16.9 Å². The van der Waals surface area contributed by atoms with Crippen LogP contribution in [0.15, 0.2) is 83.8 Å². The van der Waals surface area contributed by atoms with Crippen LogP contribution in [0, 0.1) is 0 Å². The van der Waals surface area contributed by atoms with Crippen molar-refractivity contribution in [1.82, 2.24) is 15.7 Å². The van der Waals surface area contributed by atoms with Gasteiger partial charge >= 0.3 is 6.03 Å². The Labute approximate surface area is 191 Å². The third-order valence-corrected chi connectivity index (χ3v) is 5.93. The topological polar surface area (TPSA) is 89.3 Å². The number of amides is 2. The number of fused-ring (bicyclic) bond motifs is 2. The van der Waals surface area contributed by atoms with Crippen LogP contribution in [0.3, 0.4) is 0 Å². The van der Waals surface area contributed by atoms with Crippen LogP contribution in [0.5, 0.6) is 0 Å². The number of hydrogen-bond acceptors (Lipinski definition) is 4. The Morgan fingerprint density at radius 3 is 2.67 bits per heavy atom. The molecule has 0 spiro atoms. The number of nitrogens with zero attached hydrogens (tertiary/aromatic N) is 1. The fourth-order valence-corrected chi connectivity index (χ4v) is 4.18. The van der Waals surface area contributed by atoms with Gasteiger partial charge in [0.05, 0.1) is 5.69 Å². The van der Waals surface area contributed by atoms with Crippen molar-refractivity contribution in [3.8, 4) is 0 Å². The van der Waals surface area contributed by atoms with Crippen molar-refractivity contribution in [2.24, 2.45) is 0 Å². The first-order valence-electron chi connectivity index (χ1n) is 11.0. The smallest absolute Gasteiger partial charge is 0.333 e. The summed E-state index contributed by atoms with van der Waals surface area (Å²) in [4.78, 5) is 29.0. The SMILES string of the molecule is O=C(NCc1ccc(CN2CCc3ccccc32)cc1)NNc1ccc2c(=O)[nH]ccc2c1. The normalized spacial score (nSPS) is 12.4. The number of carbonyl (C=O) groups is 1. The fraction of sp³-hybridized carbons (Fsp3) is 0.154. The summed E-state index contributed by atoms with van der Waals surface area (Å²) in [6.45, 7) is 2.35. The van der Waals surface area contributed by atoms with Crippen LogP contribution in [-0.2, 0) is 19.5 Å². The molecular formula is C26H25N5O2. The Balaban J connectivity index is 1.11. The summed E-state index contributed by atoms with van der Waals surface area (Å²) in [5.41, 5.74) is 11.1. The van der Waals surface area contributed by atoms with Gasteiger partial charge in [-0.1, -0.05) is 42.5 Å². The van der Waals surface area contributed by atoms with Crippen molar-refractivity contribution < 1.29 is 4.79 Å². The largest absolute Gasteiger partial charge is 0.367 e. The highest BCUT2D eigenvalue weighted by Crippen LogP contribution is 2.28. The summed E-state index contributed by atoms with van der Waals surface area (Å²) >= 11 is 0. The maximum absolute atomic E-state index is 12.2. The molecule has 5 rings (SSSR count). The molecule has 0 unspecified atom stereocenters. The number of aromatic nitrogens is 1. The molecule has 4 N–H and O–H groups in total. The van der Waals surface area contributed by atoms with Crippen molar-refractivity contribution >= 4 is 28.2 Å². The van der Waals surface area contributed by atoms with Gasteiger partial charge in [-0.25, -0.2) is 4.79 Å². The lowest BCUT2D eigenvalue weighted by atomic mass is 10.1. The molecule has 1 aromatic heterocycles. The van der Waals surface area contributed by atoms with Gasteiger partial charge in [0, 0.05) is 36.9 Å². The molecule has 0 atom stereocenters. The number of hydrazine groups is 1. The minimum absolute atomic E-state index is 0.138. The van der Waals surface area contributed by atoms with Gasteiger partial charge < -0.3 is 15.2 Å². The molecule has 0 saturated heterocycles. The molecule has 166 valence electrons. The van der Waals surface area contributed by atoms with E-state index in [2.05, 4.69) is 62.5 Å². The number of benzene rings is 3. The molecule has 0 aliphatic carbocycles. The lowest BCUT2D eigenvalue weighted by Gasteiger charge is -2.19. The van der Waals surface area contributed by atoms with E-state index in [0.717, 1.165) is 30.5 Å². The van der Waals surface area contributed by atoms with Crippen LogP contribution in [-0.4, -0.2) is 17.6 Å². The number of hydrogen-bond donors (Lipinski definition) is 4. The highest BCUT2D eigenvalue weighted by molar-refractivity contribution is 5.85. The van der Waals surface area contributed by atoms with Gasteiger partial charge in [-0.3, -0.25) is 15.6 Å². The highest BCUT2D eigenvalue weighted by Gasteiger charge is 2.18. The third-order valence-electron chi connectivity index (χ3n) is 5.93. The van der Waals surface area contributed by atoms with E-state index in [1.807, 2.05) is 24.3 Å². The molecule has 0 bridgehead atoms. The average Bonchev–Trinajstić information content (AvgIpc) is 3.25. The van der Waals surface area contributed by atoms with E-state index in [-0.39, 0.29) is 11.6 Å². The third kappa shape index (κ3) is 4.67. The van der Waals surface area contributed by atoms with Gasteiger partial charge in [0.25, 0.3) is 5.56 Å². The van der Waals surface area contributed by atoms with Gasteiger partial charge in [-0.2, -0.15) is 0 Å². The molecule has 0 saturated carbocycles. The Morgan fingerprint density at radius 1 is 0.970 bits per heavy atom. The predicted molar refractivity (Wildman–Crippen MR) is 131 cm³/mol. The van der Waals surface area contributed by atoms with Crippen LogP contribution < -0.4 is 26.6 Å². The Morgan fingerprint density at radius 2 is 1.79 bits per heavy atom. The molecular weight excluding hydrogens is 414 g/mol. The quantitative estimate of drug-likeness (QED) is 0.343. The second-order valence-electron chi connectivity index (χ2n) is 8.16. The number of rotatable bonds is 6. The summed E-state index contributed by atoms with van der Waals surface area (Å²) in [6.07, 6.45) is 2.70. The molecule has 33 heavy (non-hydrogen) atoms. The minimum Gasteiger partial charge on any atom is -0.367 e. The van der Waals surface area contributed by atoms with E-state index >= 15 is 0 Å². The van der Waals surface area contributed by atoms with Crippen molar-refractivity contribution in [2.45, 2.75) is 19.5 Å². The molecule has 0 radical (unpaired) electrons.